The first kappa shape index (κ1) is 19.4. The summed E-state index contributed by atoms with van der Waals surface area (Å²) in [6.07, 6.45) is 0. The Balaban J connectivity index is 1.80. The van der Waals surface area contributed by atoms with Crippen molar-refractivity contribution in [3.8, 4) is 0 Å². The van der Waals surface area contributed by atoms with E-state index in [-0.39, 0.29) is 16.3 Å². The van der Waals surface area contributed by atoms with Crippen molar-refractivity contribution in [2.24, 2.45) is 0 Å². The van der Waals surface area contributed by atoms with Crippen LogP contribution in [0.2, 0.25) is 5.02 Å². The topological polar surface area (TPSA) is 81.3 Å². The summed E-state index contributed by atoms with van der Waals surface area (Å²) >= 11 is 7.21. The molecule has 1 amide bonds. The Hall–Kier alpha value is -2.39. The van der Waals surface area contributed by atoms with Crippen LogP contribution in [0.4, 0.5) is 10.1 Å². The lowest BCUT2D eigenvalue weighted by Gasteiger charge is -2.16. The molecule has 0 unspecified atom stereocenters. The molecular formula is C17H17ClFN5O2S. The number of anilines is 1. The highest BCUT2D eigenvalue weighted by molar-refractivity contribution is 8.00. The molecule has 0 aliphatic carbocycles. The molecule has 2 aromatic heterocycles. The van der Waals surface area contributed by atoms with Gasteiger partial charge < -0.3 is 5.32 Å². The zero-order valence-corrected chi connectivity index (χ0v) is 16.4. The highest BCUT2D eigenvalue weighted by Gasteiger charge is 2.16. The average molecular weight is 410 g/mol. The van der Waals surface area contributed by atoms with Gasteiger partial charge in [-0.3, -0.25) is 4.79 Å². The highest BCUT2D eigenvalue weighted by Crippen LogP contribution is 2.29. The lowest BCUT2D eigenvalue weighted by atomic mass is 10.3. The Morgan fingerprint density at radius 1 is 1.26 bits per heavy atom. The van der Waals surface area contributed by atoms with E-state index in [0.717, 1.165) is 15.3 Å². The summed E-state index contributed by atoms with van der Waals surface area (Å²) in [4.78, 5) is 24.7. The first-order valence-electron chi connectivity index (χ1n) is 8.03. The molecule has 0 atom stereocenters. The second-order valence-electron chi connectivity index (χ2n) is 6.77. The fourth-order valence-electron chi connectivity index (χ4n) is 2.27. The van der Waals surface area contributed by atoms with E-state index in [4.69, 9.17) is 11.6 Å². The van der Waals surface area contributed by atoms with E-state index >= 15 is 0 Å². The van der Waals surface area contributed by atoms with Gasteiger partial charge in [-0.25, -0.2) is 13.9 Å². The van der Waals surface area contributed by atoms with E-state index in [1.54, 1.807) is 12.1 Å². The number of carbonyl (C=O) groups excluding carboxylic acids is 1. The van der Waals surface area contributed by atoms with Gasteiger partial charge in [-0.2, -0.15) is 9.61 Å². The van der Waals surface area contributed by atoms with Crippen LogP contribution in [0.3, 0.4) is 0 Å². The number of rotatable bonds is 4. The van der Waals surface area contributed by atoms with E-state index in [1.165, 1.54) is 23.9 Å². The molecule has 0 aliphatic rings. The summed E-state index contributed by atoms with van der Waals surface area (Å²) in [5.41, 5.74) is 0.148. The standard InChI is InChI=1S/C17H17ClFN5O2S/c1-17(2,3)27-15-7-6-13-21-23(16(26)24(13)22-15)9-14(25)20-10-4-5-12(19)11(18)8-10/h4-8H,9H2,1-3H3,(H,20,25). The van der Waals surface area contributed by atoms with Crippen LogP contribution in [0.5, 0.6) is 0 Å². The van der Waals surface area contributed by atoms with Gasteiger partial charge in [-0.15, -0.1) is 5.10 Å². The number of halogens is 2. The molecule has 1 aromatic carbocycles. The highest BCUT2D eigenvalue weighted by atomic mass is 35.5. The number of hydrogen-bond donors (Lipinski definition) is 1. The van der Waals surface area contributed by atoms with E-state index in [2.05, 4.69) is 15.5 Å². The van der Waals surface area contributed by atoms with Crippen LogP contribution in [0.1, 0.15) is 20.8 Å². The lowest BCUT2D eigenvalue weighted by molar-refractivity contribution is -0.117. The minimum atomic E-state index is -0.582. The van der Waals surface area contributed by atoms with Gasteiger partial charge in [0, 0.05) is 10.4 Å². The SMILES string of the molecule is CC(C)(C)Sc1ccc2nn(CC(=O)Nc3ccc(F)c(Cl)c3)c(=O)n2n1. The number of carbonyl (C=O) groups is 1. The molecule has 7 nitrogen and oxygen atoms in total. The van der Waals surface area contributed by atoms with E-state index in [1.807, 2.05) is 20.8 Å². The zero-order valence-electron chi connectivity index (χ0n) is 14.9. The van der Waals surface area contributed by atoms with Gasteiger partial charge in [0.1, 0.15) is 17.4 Å². The van der Waals surface area contributed by atoms with Crippen molar-refractivity contribution < 1.29 is 9.18 Å². The number of aromatic nitrogens is 4. The van der Waals surface area contributed by atoms with Gasteiger partial charge in [0.15, 0.2) is 5.65 Å². The Morgan fingerprint density at radius 2 is 2.00 bits per heavy atom. The molecule has 0 saturated carbocycles. The molecule has 142 valence electrons. The van der Waals surface area contributed by atoms with E-state index in [0.29, 0.717) is 16.4 Å². The second kappa shape index (κ2) is 7.32. The van der Waals surface area contributed by atoms with Crippen molar-refractivity contribution in [1.82, 2.24) is 19.4 Å². The minimum absolute atomic E-state index is 0.0589. The van der Waals surface area contributed by atoms with Crippen molar-refractivity contribution in [2.45, 2.75) is 37.1 Å². The van der Waals surface area contributed by atoms with Crippen molar-refractivity contribution in [3.63, 3.8) is 0 Å². The molecular weight excluding hydrogens is 393 g/mol. The summed E-state index contributed by atoms with van der Waals surface area (Å²) in [5, 5.41) is 11.5. The van der Waals surface area contributed by atoms with Crippen molar-refractivity contribution in [1.29, 1.82) is 0 Å². The molecule has 0 aliphatic heterocycles. The molecule has 1 N–H and O–H groups in total. The lowest BCUT2D eigenvalue weighted by Crippen LogP contribution is -2.29. The molecule has 3 rings (SSSR count). The Morgan fingerprint density at radius 3 is 2.67 bits per heavy atom. The summed E-state index contributed by atoms with van der Waals surface area (Å²) in [6.45, 7) is 5.82. The molecule has 3 aromatic rings. The Labute approximate surface area is 163 Å². The molecule has 0 bridgehead atoms. The van der Waals surface area contributed by atoms with Crippen LogP contribution in [-0.4, -0.2) is 30.0 Å². The summed E-state index contributed by atoms with van der Waals surface area (Å²) in [7, 11) is 0. The van der Waals surface area contributed by atoms with Crippen LogP contribution in [0, 0.1) is 5.82 Å². The van der Waals surface area contributed by atoms with Gasteiger partial charge >= 0.3 is 5.69 Å². The smallest absolute Gasteiger partial charge is 0.324 e. The molecule has 0 saturated heterocycles. The molecule has 0 spiro atoms. The van der Waals surface area contributed by atoms with Gasteiger partial charge in [0.05, 0.1) is 5.02 Å². The maximum Gasteiger partial charge on any atom is 0.367 e. The predicted molar refractivity (Wildman–Crippen MR) is 103 cm³/mol. The number of fused-ring (bicyclic) bond motifs is 1. The number of nitrogens with one attached hydrogen (secondary N) is 1. The van der Waals surface area contributed by atoms with Crippen LogP contribution in [-0.2, 0) is 11.3 Å². The van der Waals surface area contributed by atoms with Crippen LogP contribution >= 0.6 is 23.4 Å². The fraction of sp³-hybridized carbons (Fsp3) is 0.294. The van der Waals surface area contributed by atoms with Crippen LogP contribution in [0.25, 0.3) is 5.65 Å². The summed E-state index contributed by atoms with van der Waals surface area (Å²) < 4.78 is 15.3. The average Bonchev–Trinajstić information content (AvgIpc) is 2.85. The number of benzene rings is 1. The molecule has 2 heterocycles. The maximum absolute atomic E-state index is 13.2. The van der Waals surface area contributed by atoms with Crippen LogP contribution in [0.15, 0.2) is 40.2 Å². The van der Waals surface area contributed by atoms with Crippen molar-refractivity contribution in [3.05, 3.63) is 51.7 Å². The molecule has 10 heteroatoms. The molecule has 0 radical (unpaired) electrons. The first-order chi connectivity index (χ1) is 12.6. The van der Waals surface area contributed by atoms with E-state index < -0.39 is 17.4 Å². The quantitative estimate of drug-likeness (QED) is 0.669. The monoisotopic (exact) mass is 409 g/mol. The van der Waals surface area contributed by atoms with Gasteiger partial charge in [0.25, 0.3) is 0 Å². The Bertz CT molecular complexity index is 1070. The van der Waals surface area contributed by atoms with Gasteiger partial charge in [0.2, 0.25) is 5.91 Å². The van der Waals surface area contributed by atoms with Crippen molar-refractivity contribution in [2.75, 3.05) is 5.32 Å². The van der Waals surface area contributed by atoms with Gasteiger partial charge in [-0.05, 0) is 30.3 Å². The third-order valence-electron chi connectivity index (χ3n) is 3.32. The number of nitrogens with zero attached hydrogens (tertiary/aromatic N) is 4. The van der Waals surface area contributed by atoms with Gasteiger partial charge in [-0.1, -0.05) is 44.1 Å². The number of thioether (sulfide) groups is 1. The second-order valence-corrected chi connectivity index (χ2v) is 9.03. The predicted octanol–water partition coefficient (Wildman–Crippen LogP) is 3.21. The minimum Gasteiger partial charge on any atom is -0.324 e. The van der Waals surface area contributed by atoms with Crippen LogP contribution < -0.4 is 11.0 Å². The van der Waals surface area contributed by atoms with E-state index in [9.17, 15) is 14.0 Å². The largest absolute Gasteiger partial charge is 0.367 e. The number of amides is 1. The third kappa shape index (κ3) is 4.67. The van der Waals surface area contributed by atoms with Crippen molar-refractivity contribution >= 4 is 40.6 Å². The normalized spacial score (nSPS) is 11.7. The molecule has 0 fully saturated rings. The third-order valence-corrected chi connectivity index (χ3v) is 4.65. The first-order valence-corrected chi connectivity index (χ1v) is 9.23. The Kier molecular flexibility index (Phi) is 5.25. The fourth-order valence-corrected chi connectivity index (χ4v) is 3.34. The zero-order chi connectivity index (χ0) is 19.8. The number of hydrogen-bond acceptors (Lipinski definition) is 5. The summed E-state index contributed by atoms with van der Waals surface area (Å²) in [6, 6.07) is 7.27. The summed E-state index contributed by atoms with van der Waals surface area (Å²) in [5.74, 6) is -1.08. The maximum atomic E-state index is 13.2. The molecule has 27 heavy (non-hydrogen) atoms.